The normalized spacial score (nSPS) is 11.2. The van der Waals surface area contributed by atoms with Crippen molar-refractivity contribution in [2.75, 3.05) is 18.1 Å². The van der Waals surface area contributed by atoms with Crippen molar-refractivity contribution in [3.63, 3.8) is 0 Å². The maximum Gasteiger partial charge on any atom is 0.158 e. The minimum Gasteiger partial charge on any atom is -0.389 e. The summed E-state index contributed by atoms with van der Waals surface area (Å²) in [5.74, 6) is 0.650. The number of anilines is 1. The van der Waals surface area contributed by atoms with Crippen molar-refractivity contribution in [2.45, 2.75) is 18.6 Å². The molecule has 1 aromatic heterocycles. The van der Waals surface area contributed by atoms with Crippen LogP contribution in [0.15, 0.2) is 12.3 Å². The molecular weight excluding hydrogens is 240 g/mol. The Kier molecular flexibility index (Phi) is 4.49. The van der Waals surface area contributed by atoms with E-state index in [4.69, 9.17) is 18.0 Å². The lowest BCUT2D eigenvalue weighted by atomic mass is 10.2. The summed E-state index contributed by atoms with van der Waals surface area (Å²) < 4.78 is 0.130. The summed E-state index contributed by atoms with van der Waals surface area (Å²) in [6, 6.07) is 1.77. The average Bonchev–Trinajstić information content (AvgIpc) is 2.27. The Bertz CT molecular complexity index is 379. The molecule has 88 valence electrons. The zero-order valence-electron chi connectivity index (χ0n) is 9.65. The molecule has 0 aliphatic carbocycles. The van der Waals surface area contributed by atoms with Gasteiger partial charge in [-0.05, 0) is 26.2 Å². The lowest BCUT2D eigenvalue weighted by Crippen LogP contribution is -2.27. The summed E-state index contributed by atoms with van der Waals surface area (Å²) in [7, 11) is 0. The molecule has 1 heterocycles. The van der Waals surface area contributed by atoms with Crippen LogP contribution in [0.1, 0.15) is 19.4 Å². The number of thioether (sulfide) groups is 1. The van der Waals surface area contributed by atoms with Crippen molar-refractivity contribution in [1.29, 1.82) is 0 Å². The van der Waals surface area contributed by atoms with Crippen molar-refractivity contribution in [3.05, 3.63) is 17.8 Å². The number of aromatic nitrogens is 2. The molecular formula is C10H16N4S2. The van der Waals surface area contributed by atoms with Crippen LogP contribution in [-0.2, 0) is 0 Å². The number of hydrogen-bond acceptors (Lipinski definition) is 5. The van der Waals surface area contributed by atoms with Gasteiger partial charge in [0, 0.05) is 11.3 Å². The molecule has 0 fully saturated rings. The van der Waals surface area contributed by atoms with E-state index in [-0.39, 0.29) is 4.75 Å². The molecule has 3 N–H and O–H groups in total. The number of hydrogen-bond donors (Lipinski definition) is 2. The van der Waals surface area contributed by atoms with Crippen LogP contribution in [0.25, 0.3) is 0 Å². The molecule has 0 amide bonds. The van der Waals surface area contributed by atoms with Gasteiger partial charge in [-0.2, -0.15) is 16.9 Å². The molecule has 0 radical (unpaired) electrons. The summed E-state index contributed by atoms with van der Waals surface area (Å²) in [4.78, 5) is 0.333. The van der Waals surface area contributed by atoms with Crippen LogP contribution in [0.5, 0.6) is 0 Å². The van der Waals surface area contributed by atoms with Crippen LogP contribution in [-0.4, -0.2) is 32.7 Å². The average molecular weight is 256 g/mol. The molecule has 1 aromatic rings. The molecule has 1 rings (SSSR count). The highest BCUT2D eigenvalue weighted by molar-refractivity contribution is 7.99. The maximum absolute atomic E-state index is 5.60. The Hall–Kier alpha value is -0.880. The van der Waals surface area contributed by atoms with Gasteiger partial charge in [-0.25, -0.2) is 0 Å². The fourth-order valence-electron chi connectivity index (χ4n) is 1.03. The molecule has 0 spiro atoms. The van der Waals surface area contributed by atoms with E-state index < -0.39 is 0 Å². The third-order valence-corrected chi connectivity index (χ3v) is 3.69. The smallest absolute Gasteiger partial charge is 0.158 e. The van der Waals surface area contributed by atoms with Crippen molar-refractivity contribution >= 4 is 34.8 Å². The molecule has 16 heavy (non-hydrogen) atoms. The van der Waals surface area contributed by atoms with E-state index in [2.05, 4.69) is 35.6 Å². The second-order valence-electron chi connectivity index (χ2n) is 3.98. The Morgan fingerprint density at radius 1 is 1.62 bits per heavy atom. The van der Waals surface area contributed by atoms with E-state index in [1.165, 1.54) is 0 Å². The lowest BCUT2D eigenvalue weighted by molar-refractivity contribution is 0.747. The summed E-state index contributed by atoms with van der Waals surface area (Å²) in [6.07, 6.45) is 3.66. The van der Waals surface area contributed by atoms with E-state index in [1.807, 2.05) is 0 Å². The van der Waals surface area contributed by atoms with Crippen LogP contribution in [0, 0.1) is 0 Å². The Morgan fingerprint density at radius 3 is 2.88 bits per heavy atom. The second kappa shape index (κ2) is 5.45. The van der Waals surface area contributed by atoms with Gasteiger partial charge in [-0.15, -0.1) is 5.10 Å². The first-order valence-electron chi connectivity index (χ1n) is 4.87. The maximum atomic E-state index is 5.60. The standard InChI is InChI=1S/C10H16N4S2/c1-10(2,16-3)6-12-9-7(8(11)15)4-5-13-14-9/h4-5H,6H2,1-3H3,(H2,11,15)(H,12,14). The summed E-state index contributed by atoms with van der Waals surface area (Å²) in [6.45, 7) is 5.09. The number of rotatable bonds is 5. The van der Waals surface area contributed by atoms with Crippen molar-refractivity contribution < 1.29 is 0 Å². The van der Waals surface area contributed by atoms with Gasteiger partial charge >= 0.3 is 0 Å². The van der Waals surface area contributed by atoms with E-state index in [0.717, 1.165) is 12.1 Å². The molecule has 0 aliphatic heterocycles. The van der Waals surface area contributed by atoms with Crippen LogP contribution >= 0.6 is 24.0 Å². The number of nitrogens with zero attached hydrogens (tertiary/aromatic N) is 2. The monoisotopic (exact) mass is 256 g/mol. The largest absolute Gasteiger partial charge is 0.389 e. The van der Waals surface area contributed by atoms with Gasteiger partial charge in [0.2, 0.25) is 0 Å². The SMILES string of the molecule is CSC(C)(C)CNc1nnccc1C(N)=S. The summed E-state index contributed by atoms with van der Waals surface area (Å²) in [5.41, 5.74) is 6.34. The first kappa shape index (κ1) is 13.2. The first-order valence-corrected chi connectivity index (χ1v) is 6.50. The Labute approximate surface area is 105 Å². The molecule has 0 unspecified atom stereocenters. The van der Waals surface area contributed by atoms with Gasteiger partial charge in [0.25, 0.3) is 0 Å². The molecule has 0 atom stereocenters. The minimum atomic E-state index is 0.130. The van der Waals surface area contributed by atoms with Crippen molar-refractivity contribution in [1.82, 2.24) is 10.2 Å². The van der Waals surface area contributed by atoms with Crippen LogP contribution < -0.4 is 11.1 Å². The van der Waals surface area contributed by atoms with Gasteiger partial charge in [-0.3, -0.25) is 0 Å². The molecule has 0 saturated heterocycles. The molecule has 0 bridgehead atoms. The predicted molar refractivity (Wildman–Crippen MR) is 74.0 cm³/mol. The zero-order chi connectivity index (χ0) is 12.2. The van der Waals surface area contributed by atoms with Gasteiger partial charge in [-0.1, -0.05) is 12.2 Å². The second-order valence-corrected chi connectivity index (χ2v) is 5.93. The zero-order valence-corrected chi connectivity index (χ0v) is 11.3. The fourth-order valence-corrected chi connectivity index (χ4v) is 1.41. The number of nitrogens with one attached hydrogen (secondary N) is 1. The highest BCUT2D eigenvalue weighted by Crippen LogP contribution is 2.22. The molecule has 0 aromatic carbocycles. The summed E-state index contributed by atoms with van der Waals surface area (Å²) in [5, 5.41) is 11.0. The van der Waals surface area contributed by atoms with E-state index >= 15 is 0 Å². The van der Waals surface area contributed by atoms with Crippen LogP contribution in [0.3, 0.4) is 0 Å². The van der Waals surface area contributed by atoms with Crippen LogP contribution in [0.2, 0.25) is 0 Å². The van der Waals surface area contributed by atoms with E-state index in [1.54, 1.807) is 24.0 Å². The first-order chi connectivity index (χ1) is 7.46. The van der Waals surface area contributed by atoms with E-state index in [0.29, 0.717) is 10.8 Å². The highest BCUT2D eigenvalue weighted by Gasteiger charge is 2.17. The van der Waals surface area contributed by atoms with Crippen LogP contribution in [0.4, 0.5) is 5.82 Å². The number of nitrogens with two attached hydrogens (primary N) is 1. The van der Waals surface area contributed by atoms with Gasteiger partial charge in [0.1, 0.15) is 4.99 Å². The van der Waals surface area contributed by atoms with Gasteiger partial charge in [0.15, 0.2) is 5.82 Å². The predicted octanol–water partition coefficient (Wildman–Crippen LogP) is 1.66. The molecule has 0 aliphatic rings. The number of thiocarbonyl (C=S) groups is 1. The molecule has 4 nitrogen and oxygen atoms in total. The molecule has 0 saturated carbocycles. The third-order valence-electron chi connectivity index (χ3n) is 2.22. The Morgan fingerprint density at radius 2 is 2.31 bits per heavy atom. The van der Waals surface area contributed by atoms with Crippen molar-refractivity contribution in [2.24, 2.45) is 5.73 Å². The molecule has 6 heteroatoms. The van der Waals surface area contributed by atoms with Crippen molar-refractivity contribution in [3.8, 4) is 0 Å². The third kappa shape index (κ3) is 3.61. The minimum absolute atomic E-state index is 0.130. The lowest BCUT2D eigenvalue weighted by Gasteiger charge is -2.22. The highest BCUT2D eigenvalue weighted by atomic mass is 32.2. The topological polar surface area (TPSA) is 63.8 Å². The van der Waals surface area contributed by atoms with Gasteiger partial charge in [0.05, 0.1) is 11.8 Å². The van der Waals surface area contributed by atoms with E-state index in [9.17, 15) is 0 Å². The quantitative estimate of drug-likeness (QED) is 0.781. The van der Waals surface area contributed by atoms with Gasteiger partial charge < -0.3 is 11.1 Å². The fraction of sp³-hybridized carbons (Fsp3) is 0.500. The summed E-state index contributed by atoms with van der Waals surface area (Å²) >= 11 is 6.74. The Balaban J connectivity index is 2.78.